The van der Waals surface area contributed by atoms with E-state index >= 15 is 0 Å². The molecule has 1 aromatic carbocycles. The fourth-order valence-corrected chi connectivity index (χ4v) is 3.71. The van der Waals surface area contributed by atoms with Crippen molar-refractivity contribution in [3.05, 3.63) is 48.3 Å². The quantitative estimate of drug-likeness (QED) is 0.627. The van der Waals surface area contributed by atoms with Crippen LogP contribution in [0.15, 0.2) is 42.7 Å². The second-order valence-corrected chi connectivity index (χ2v) is 8.23. The second kappa shape index (κ2) is 6.78. The molecule has 0 bridgehead atoms. The Kier molecular flexibility index (Phi) is 5.26. The maximum Gasteiger partial charge on any atom is 0.0645 e. The molecular formula is C18H25BrN2. The summed E-state index contributed by atoms with van der Waals surface area (Å²) < 4.78 is 1.94. The molecule has 0 fully saturated rings. The lowest BCUT2D eigenvalue weighted by Crippen LogP contribution is -2.12. The summed E-state index contributed by atoms with van der Waals surface area (Å²) in [6, 6.07) is 10.2. The first kappa shape index (κ1) is 16.3. The standard InChI is InChI=1S/C18H25BrN2/c1-14(11-18(2,3)4)10-17(19)15-12-20-21(13-15)16-8-6-5-7-9-16/h5-9,12-14,17H,10-11H2,1-4H3. The van der Waals surface area contributed by atoms with Crippen LogP contribution in [0.5, 0.6) is 0 Å². The highest BCUT2D eigenvalue weighted by Crippen LogP contribution is 2.34. The fourth-order valence-electron chi connectivity index (χ4n) is 2.84. The molecule has 1 heterocycles. The van der Waals surface area contributed by atoms with Gasteiger partial charge in [0.1, 0.15) is 0 Å². The van der Waals surface area contributed by atoms with Crippen molar-refractivity contribution >= 4 is 15.9 Å². The van der Waals surface area contributed by atoms with Crippen LogP contribution in [0.4, 0.5) is 0 Å². The summed E-state index contributed by atoms with van der Waals surface area (Å²) in [5.41, 5.74) is 2.74. The van der Waals surface area contributed by atoms with Crippen LogP contribution >= 0.6 is 15.9 Å². The molecule has 0 saturated carbocycles. The minimum absolute atomic E-state index is 0.368. The molecule has 0 amide bonds. The fraction of sp³-hybridized carbons (Fsp3) is 0.500. The molecule has 0 aliphatic carbocycles. The van der Waals surface area contributed by atoms with Gasteiger partial charge in [-0.05, 0) is 36.3 Å². The Morgan fingerprint density at radius 3 is 2.48 bits per heavy atom. The minimum Gasteiger partial charge on any atom is -0.241 e. The van der Waals surface area contributed by atoms with E-state index < -0.39 is 0 Å². The minimum atomic E-state index is 0.368. The SMILES string of the molecule is CC(CC(Br)c1cnn(-c2ccccc2)c1)CC(C)(C)C. The molecule has 2 unspecified atom stereocenters. The number of halogens is 1. The van der Waals surface area contributed by atoms with Crippen LogP contribution in [0.2, 0.25) is 0 Å². The summed E-state index contributed by atoms with van der Waals surface area (Å²) in [5.74, 6) is 0.689. The predicted octanol–water partition coefficient (Wildman–Crippen LogP) is 5.77. The zero-order valence-corrected chi connectivity index (χ0v) is 15.0. The molecule has 3 heteroatoms. The highest BCUT2D eigenvalue weighted by molar-refractivity contribution is 9.09. The second-order valence-electron chi connectivity index (χ2n) is 7.13. The summed E-state index contributed by atoms with van der Waals surface area (Å²) in [6.45, 7) is 9.25. The molecule has 2 nitrogen and oxygen atoms in total. The van der Waals surface area contributed by atoms with Crippen LogP contribution in [0.25, 0.3) is 5.69 Å². The highest BCUT2D eigenvalue weighted by Gasteiger charge is 2.19. The number of benzene rings is 1. The number of alkyl halides is 1. The average Bonchev–Trinajstić information content (AvgIpc) is 2.87. The zero-order chi connectivity index (χ0) is 15.5. The Labute approximate surface area is 136 Å². The Morgan fingerprint density at radius 1 is 1.19 bits per heavy atom. The van der Waals surface area contributed by atoms with E-state index in [2.05, 4.69) is 67.1 Å². The number of para-hydroxylation sites is 1. The third-order valence-corrected chi connectivity index (χ3v) is 4.46. The summed E-state index contributed by atoms with van der Waals surface area (Å²) in [6.07, 6.45) is 6.47. The molecule has 0 aliphatic rings. The van der Waals surface area contributed by atoms with Gasteiger partial charge in [0.05, 0.1) is 11.9 Å². The first-order valence-corrected chi connectivity index (χ1v) is 8.51. The molecule has 0 radical (unpaired) electrons. The molecule has 0 aliphatic heterocycles. The van der Waals surface area contributed by atoms with Crippen molar-refractivity contribution in [2.45, 2.75) is 45.4 Å². The monoisotopic (exact) mass is 348 g/mol. The first-order chi connectivity index (χ1) is 9.85. The smallest absolute Gasteiger partial charge is 0.0645 e. The first-order valence-electron chi connectivity index (χ1n) is 7.59. The van der Waals surface area contributed by atoms with Crippen LogP contribution in [0.3, 0.4) is 0 Å². The van der Waals surface area contributed by atoms with E-state index in [1.54, 1.807) is 0 Å². The third kappa shape index (κ3) is 4.99. The van der Waals surface area contributed by atoms with Gasteiger partial charge in [-0.2, -0.15) is 5.10 Å². The Morgan fingerprint density at radius 2 is 1.86 bits per heavy atom. The number of nitrogens with zero attached hydrogens (tertiary/aromatic N) is 2. The van der Waals surface area contributed by atoms with Gasteiger partial charge in [0, 0.05) is 16.6 Å². The van der Waals surface area contributed by atoms with Gasteiger partial charge in [-0.25, -0.2) is 4.68 Å². The number of aromatic nitrogens is 2. The number of hydrogen-bond donors (Lipinski definition) is 0. The maximum absolute atomic E-state index is 4.48. The van der Waals surface area contributed by atoms with Crippen LogP contribution < -0.4 is 0 Å². The molecule has 0 saturated heterocycles. The van der Waals surface area contributed by atoms with Gasteiger partial charge in [-0.3, -0.25) is 0 Å². The van der Waals surface area contributed by atoms with E-state index in [9.17, 15) is 0 Å². The summed E-state index contributed by atoms with van der Waals surface area (Å²) in [4.78, 5) is 0.368. The lowest BCUT2D eigenvalue weighted by Gasteiger charge is -2.24. The van der Waals surface area contributed by atoms with Crippen molar-refractivity contribution in [3.8, 4) is 5.69 Å². The largest absolute Gasteiger partial charge is 0.241 e. The van der Waals surface area contributed by atoms with Gasteiger partial charge in [-0.1, -0.05) is 61.8 Å². The van der Waals surface area contributed by atoms with Crippen molar-refractivity contribution in [1.29, 1.82) is 0 Å². The Bertz CT molecular complexity index is 554. The lowest BCUT2D eigenvalue weighted by atomic mass is 9.83. The van der Waals surface area contributed by atoms with Gasteiger partial charge in [0.25, 0.3) is 0 Å². The van der Waals surface area contributed by atoms with Gasteiger partial charge in [0.15, 0.2) is 0 Å². The van der Waals surface area contributed by atoms with Crippen LogP contribution in [0.1, 0.15) is 50.9 Å². The van der Waals surface area contributed by atoms with Gasteiger partial charge in [-0.15, -0.1) is 0 Å². The molecule has 1 aromatic heterocycles. The van der Waals surface area contributed by atoms with Crippen molar-refractivity contribution in [2.24, 2.45) is 11.3 Å². The topological polar surface area (TPSA) is 17.8 Å². The van der Waals surface area contributed by atoms with Crippen LogP contribution in [0, 0.1) is 11.3 Å². The van der Waals surface area contributed by atoms with Crippen molar-refractivity contribution < 1.29 is 0 Å². The van der Waals surface area contributed by atoms with E-state index in [0.29, 0.717) is 16.2 Å². The molecule has 21 heavy (non-hydrogen) atoms. The normalized spacial score (nSPS) is 14.9. The predicted molar refractivity (Wildman–Crippen MR) is 93.1 cm³/mol. The maximum atomic E-state index is 4.48. The molecule has 0 spiro atoms. The van der Waals surface area contributed by atoms with E-state index in [0.717, 1.165) is 12.1 Å². The Hall–Kier alpha value is -1.09. The lowest BCUT2D eigenvalue weighted by molar-refractivity contribution is 0.296. The molecule has 0 N–H and O–H groups in total. The zero-order valence-electron chi connectivity index (χ0n) is 13.4. The van der Waals surface area contributed by atoms with E-state index in [1.165, 1.54) is 12.0 Å². The highest BCUT2D eigenvalue weighted by atomic mass is 79.9. The van der Waals surface area contributed by atoms with Crippen LogP contribution in [-0.2, 0) is 0 Å². The summed E-state index contributed by atoms with van der Waals surface area (Å²) in [5, 5.41) is 4.48. The van der Waals surface area contributed by atoms with E-state index in [-0.39, 0.29) is 0 Å². The number of hydrogen-bond acceptors (Lipinski definition) is 1. The molecule has 2 aromatic rings. The number of rotatable bonds is 5. The van der Waals surface area contributed by atoms with Gasteiger partial charge >= 0.3 is 0 Å². The van der Waals surface area contributed by atoms with Crippen LogP contribution in [-0.4, -0.2) is 9.78 Å². The van der Waals surface area contributed by atoms with Crippen molar-refractivity contribution in [3.63, 3.8) is 0 Å². The third-order valence-electron chi connectivity index (χ3n) is 3.56. The average molecular weight is 349 g/mol. The molecule has 2 atom stereocenters. The molecule has 114 valence electrons. The molecular weight excluding hydrogens is 324 g/mol. The van der Waals surface area contributed by atoms with Crippen molar-refractivity contribution in [2.75, 3.05) is 0 Å². The summed E-state index contributed by atoms with van der Waals surface area (Å²) >= 11 is 3.83. The summed E-state index contributed by atoms with van der Waals surface area (Å²) in [7, 11) is 0. The van der Waals surface area contributed by atoms with Gasteiger partial charge in [0.2, 0.25) is 0 Å². The van der Waals surface area contributed by atoms with E-state index in [4.69, 9.17) is 0 Å². The van der Waals surface area contributed by atoms with Gasteiger partial charge < -0.3 is 0 Å². The Balaban J connectivity index is 2.01. The van der Waals surface area contributed by atoms with Crippen molar-refractivity contribution in [1.82, 2.24) is 9.78 Å². The van der Waals surface area contributed by atoms with E-state index in [1.807, 2.05) is 29.1 Å². The molecule has 2 rings (SSSR count).